The quantitative estimate of drug-likeness (QED) is 0.0754. The number of nitro benzene ring substituents is 1. The summed E-state index contributed by atoms with van der Waals surface area (Å²) in [6.07, 6.45) is 1.73. The first-order valence-electron chi connectivity index (χ1n) is 13.7. The Bertz CT molecular complexity index is 1680. The maximum Gasteiger partial charge on any atom is 0.345 e. The van der Waals surface area contributed by atoms with Gasteiger partial charge in [-0.25, -0.2) is 9.80 Å². The van der Waals surface area contributed by atoms with Gasteiger partial charge >= 0.3 is 5.97 Å². The number of ether oxygens (including phenoxy) is 1. The molecule has 0 aromatic heterocycles. The number of carbonyl (C=O) groups is 5. The Hall–Kier alpha value is -4.61. The number of carbonyl (C=O) groups excluding carboxylic acids is 5. The average molecular weight is 638 g/mol. The largest absolute Gasteiger partial charge is 0.423 e. The predicted octanol–water partition coefficient (Wildman–Crippen LogP) is 5.78. The molecular weight excluding hydrogens is 613 g/mol. The lowest BCUT2D eigenvalue weighted by molar-refractivity contribution is -0.384. The molecule has 3 aromatic rings. The molecule has 1 saturated carbocycles. The molecule has 0 unspecified atom stereocenters. The molecule has 13 heteroatoms. The zero-order valence-corrected chi connectivity index (χ0v) is 24.8. The highest BCUT2D eigenvalue weighted by atomic mass is 35.5. The van der Waals surface area contributed by atoms with Crippen LogP contribution in [0.3, 0.4) is 0 Å². The first-order valence-corrected chi connectivity index (χ1v) is 14.4. The summed E-state index contributed by atoms with van der Waals surface area (Å²) in [5.74, 6) is -4.17. The zero-order chi connectivity index (χ0) is 31.7. The number of ketones is 1. The number of imide groups is 1. The first kappa shape index (κ1) is 30.8. The molecule has 0 N–H and O–H groups in total. The molecule has 0 bridgehead atoms. The second kappa shape index (κ2) is 12.6. The highest BCUT2D eigenvalue weighted by molar-refractivity contribution is 6.36. The average Bonchev–Trinajstić information content (AvgIpc) is 3.24. The maximum absolute atomic E-state index is 13.7. The van der Waals surface area contributed by atoms with Crippen LogP contribution in [-0.2, 0) is 9.59 Å². The van der Waals surface area contributed by atoms with Crippen LogP contribution in [0.2, 0.25) is 10.0 Å². The van der Waals surface area contributed by atoms with Crippen molar-refractivity contribution in [2.45, 2.75) is 26.2 Å². The predicted molar refractivity (Wildman–Crippen MR) is 158 cm³/mol. The third-order valence-electron chi connectivity index (χ3n) is 7.80. The van der Waals surface area contributed by atoms with Crippen molar-refractivity contribution in [1.29, 1.82) is 0 Å². The van der Waals surface area contributed by atoms with Crippen LogP contribution in [0, 0.1) is 27.9 Å². The first-order chi connectivity index (χ1) is 20.9. The number of Topliss-reactive ketones (excluding diaryl/α,β-unsaturated/α-hetero) is 1. The molecule has 3 atom stereocenters. The lowest BCUT2D eigenvalue weighted by atomic mass is 9.76. The van der Waals surface area contributed by atoms with E-state index in [9.17, 15) is 34.1 Å². The summed E-state index contributed by atoms with van der Waals surface area (Å²) >= 11 is 11.9. The summed E-state index contributed by atoms with van der Waals surface area (Å²) in [7, 11) is 0. The Kier molecular flexibility index (Phi) is 8.80. The molecule has 1 aliphatic carbocycles. The van der Waals surface area contributed by atoms with E-state index in [2.05, 4.69) is 0 Å². The molecule has 3 aromatic carbocycles. The number of esters is 1. The van der Waals surface area contributed by atoms with E-state index >= 15 is 0 Å². The number of hydrogen-bond acceptors (Lipinski definition) is 8. The topological polar surface area (TPSA) is 144 Å². The molecule has 1 saturated heterocycles. The van der Waals surface area contributed by atoms with Crippen LogP contribution in [0.1, 0.15) is 57.3 Å². The Morgan fingerprint density at radius 3 is 2.20 bits per heavy atom. The molecule has 1 heterocycles. The summed E-state index contributed by atoms with van der Waals surface area (Å²) in [6.45, 7) is 1.33. The number of hydrazine groups is 1. The highest BCUT2D eigenvalue weighted by Gasteiger charge is 2.52. The molecule has 11 nitrogen and oxygen atoms in total. The minimum atomic E-state index is -0.841. The van der Waals surface area contributed by atoms with Crippen molar-refractivity contribution in [3.05, 3.63) is 104 Å². The summed E-state index contributed by atoms with van der Waals surface area (Å²) in [5.41, 5.74) is -0.0977. The number of non-ortho nitro benzene ring substituents is 1. The van der Waals surface area contributed by atoms with Gasteiger partial charge in [0.15, 0.2) is 5.78 Å². The number of fused-ring (bicyclic) bond motifs is 1. The van der Waals surface area contributed by atoms with Crippen molar-refractivity contribution in [2.75, 3.05) is 6.54 Å². The number of hydrogen-bond donors (Lipinski definition) is 0. The van der Waals surface area contributed by atoms with E-state index in [4.69, 9.17) is 27.9 Å². The second-order valence-corrected chi connectivity index (χ2v) is 11.6. The van der Waals surface area contributed by atoms with Crippen molar-refractivity contribution in [1.82, 2.24) is 10.0 Å². The SMILES string of the molecule is C[C@@H]1CC[C@@H]2C(=O)N(N(CC(=O)c3ccc(OC(=O)c4ccc(Cl)cc4Cl)cc3)C(=O)c3ccc([N+](=O)[O-])cc3)C(=O)[C@H]2C1. The fourth-order valence-electron chi connectivity index (χ4n) is 5.47. The maximum atomic E-state index is 13.7. The van der Waals surface area contributed by atoms with Crippen LogP contribution in [-0.4, -0.2) is 51.0 Å². The van der Waals surface area contributed by atoms with Gasteiger partial charge in [0.05, 0.1) is 27.3 Å². The van der Waals surface area contributed by atoms with Crippen LogP contribution < -0.4 is 4.74 Å². The van der Waals surface area contributed by atoms with E-state index in [-0.39, 0.29) is 39.1 Å². The summed E-state index contributed by atoms with van der Waals surface area (Å²) in [5, 5.41) is 13.1. The fraction of sp³-hybridized carbons (Fsp3) is 0.258. The van der Waals surface area contributed by atoms with Crippen LogP contribution in [0.25, 0.3) is 0 Å². The van der Waals surface area contributed by atoms with Gasteiger partial charge < -0.3 is 4.74 Å². The van der Waals surface area contributed by atoms with Crippen molar-refractivity contribution >= 4 is 58.4 Å². The zero-order valence-electron chi connectivity index (χ0n) is 23.3. The Balaban J connectivity index is 1.38. The highest BCUT2D eigenvalue weighted by Crippen LogP contribution is 2.41. The lowest BCUT2D eigenvalue weighted by Crippen LogP contribution is -2.52. The Morgan fingerprint density at radius 1 is 0.932 bits per heavy atom. The monoisotopic (exact) mass is 637 g/mol. The van der Waals surface area contributed by atoms with Crippen LogP contribution >= 0.6 is 23.2 Å². The van der Waals surface area contributed by atoms with E-state index in [0.29, 0.717) is 17.9 Å². The molecule has 2 aliphatic rings. The normalized spacial score (nSPS) is 19.3. The number of nitro groups is 1. The molecule has 0 spiro atoms. The molecule has 226 valence electrons. The standard InChI is InChI=1S/C31H25Cl2N3O8/c1-17-2-12-23-25(14-17)30(40)35(29(23)39)34(28(38)19-3-8-21(9-4-19)36(42)43)16-27(37)18-5-10-22(11-6-18)44-31(41)24-13-7-20(32)15-26(24)33/h3-11,13,15,17,23,25H,2,12,14,16H2,1H3/t17-,23+,25+/m1/s1. The molecule has 1 aliphatic heterocycles. The summed E-state index contributed by atoms with van der Waals surface area (Å²) in [4.78, 5) is 77.1. The Labute approximate surface area is 261 Å². The smallest absolute Gasteiger partial charge is 0.345 e. The molecule has 44 heavy (non-hydrogen) atoms. The van der Waals surface area contributed by atoms with Gasteiger partial charge in [-0.2, -0.15) is 5.01 Å². The van der Waals surface area contributed by atoms with Crippen molar-refractivity contribution in [3.8, 4) is 5.75 Å². The van der Waals surface area contributed by atoms with Gasteiger partial charge in [-0.1, -0.05) is 30.1 Å². The Morgan fingerprint density at radius 2 is 1.57 bits per heavy atom. The number of nitrogens with zero attached hydrogens (tertiary/aromatic N) is 3. The third-order valence-corrected chi connectivity index (χ3v) is 8.34. The van der Waals surface area contributed by atoms with E-state index < -0.39 is 52.8 Å². The van der Waals surface area contributed by atoms with Crippen molar-refractivity contribution < 1.29 is 33.6 Å². The number of amides is 3. The van der Waals surface area contributed by atoms with E-state index in [0.717, 1.165) is 28.6 Å². The number of halogens is 2. The number of benzene rings is 3. The fourth-order valence-corrected chi connectivity index (χ4v) is 5.96. The van der Waals surface area contributed by atoms with Gasteiger partial charge in [-0.05, 0) is 79.8 Å². The van der Waals surface area contributed by atoms with Gasteiger partial charge in [0.2, 0.25) is 0 Å². The number of rotatable bonds is 8. The van der Waals surface area contributed by atoms with Crippen LogP contribution in [0.5, 0.6) is 5.75 Å². The second-order valence-electron chi connectivity index (χ2n) is 10.7. The van der Waals surface area contributed by atoms with Gasteiger partial charge in [-0.3, -0.25) is 29.3 Å². The van der Waals surface area contributed by atoms with E-state index in [1.54, 1.807) is 0 Å². The molecule has 3 amide bonds. The molecule has 0 radical (unpaired) electrons. The van der Waals surface area contributed by atoms with Gasteiger partial charge in [0.1, 0.15) is 12.3 Å². The third kappa shape index (κ3) is 6.20. The van der Waals surface area contributed by atoms with Gasteiger partial charge in [0, 0.05) is 28.3 Å². The van der Waals surface area contributed by atoms with Gasteiger partial charge in [-0.15, -0.1) is 0 Å². The summed E-state index contributed by atoms with van der Waals surface area (Å²) in [6, 6.07) is 14.5. The minimum absolute atomic E-state index is 0.0460. The van der Waals surface area contributed by atoms with Crippen molar-refractivity contribution in [2.24, 2.45) is 17.8 Å². The summed E-state index contributed by atoms with van der Waals surface area (Å²) < 4.78 is 5.34. The molecule has 2 fully saturated rings. The van der Waals surface area contributed by atoms with Gasteiger partial charge in [0.25, 0.3) is 23.4 Å². The molecular formula is C31H25Cl2N3O8. The van der Waals surface area contributed by atoms with Crippen LogP contribution in [0.4, 0.5) is 5.69 Å². The van der Waals surface area contributed by atoms with Crippen LogP contribution in [0.15, 0.2) is 66.7 Å². The van der Waals surface area contributed by atoms with E-state index in [1.165, 1.54) is 54.6 Å². The minimum Gasteiger partial charge on any atom is -0.423 e. The van der Waals surface area contributed by atoms with E-state index in [1.807, 2.05) is 6.92 Å². The van der Waals surface area contributed by atoms with Crippen molar-refractivity contribution in [3.63, 3.8) is 0 Å². The molecule has 5 rings (SSSR count). The lowest BCUT2D eigenvalue weighted by Gasteiger charge is -2.30.